The third kappa shape index (κ3) is 7.60. The molecule has 156 valence electrons. The monoisotopic (exact) mass is 512 g/mol. The summed E-state index contributed by atoms with van der Waals surface area (Å²) in [6.07, 6.45) is 1.74. The standard InChI is InChI=1S/C20H24N4O4.HI/c1-4-11-21-20(22-13-15-5-8-17(9-6-15)24(25)26)23-14-16-7-10-18(27-2)19(12-16)28-3;/h4-10,12H,1,11,13-14H2,2-3H3,(H2,21,22,23);1H. The molecule has 2 N–H and O–H groups in total. The molecule has 0 aliphatic rings. The molecule has 0 unspecified atom stereocenters. The first-order chi connectivity index (χ1) is 13.6. The van der Waals surface area contributed by atoms with Crippen molar-refractivity contribution in [3.8, 4) is 11.5 Å². The lowest BCUT2D eigenvalue weighted by Crippen LogP contribution is -2.37. The minimum absolute atomic E-state index is 0. The first-order valence-electron chi connectivity index (χ1n) is 8.64. The zero-order valence-corrected chi connectivity index (χ0v) is 18.7. The van der Waals surface area contributed by atoms with Gasteiger partial charge in [0.2, 0.25) is 0 Å². The van der Waals surface area contributed by atoms with Crippen LogP contribution in [0.5, 0.6) is 11.5 Å². The van der Waals surface area contributed by atoms with Gasteiger partial charge in [-0.25, -0.2) is 4.99 Å². The molecule has 2 rings (SSSR count). The van der Waals surface area contributed by atoms with Gasteiger partial charge in [-0.15, -0.1) is 30.6 Å². The number of hydrogen-bond donors (Lipinski definition) is 2. The summed E-state index contributed by atoms with van der Waals surface area (Å²) in [4.78, 5) is 14.9. The second-order valence-electron chi connectivity index (χ2n) is 5.80. The molecule has 0 aliphatic carbocycles. The third-order valence-electron chi connectivity index (χ3n) is 3.89. The van der Waals surface area contributed by atoms with E-state index in [9.17, 15) is 10.1 Å². The maximum atomic E-state index is 10.7. The highest BCUT2D eigenvalue weighted by molar-refractivity contribution is 14.0. The SMILES string of the molecule is C=CCNC(=NCc1ccc(OC)c(OC)c1)NCc1ccc([N+](=O)[O-])cc1.I. The highest BCUT2D eigenvalue weighted by atomic mass is 127. The number of rotatable bonds is 9. The van der Waals surface area contributed by atoms with Crippen molar-refractivity contribution in [2.24, 2.45) is 4.99 Å². The lowest BCUT2D eigenvalue weighted by molar-refractivity contribution is -0.384. The minimum atomic E-state index is -0.418. The zero-order chi connectivity index (χ0) is 20.4. The number of nitro benzene ring substituents is 1. The zero-order valence-electron chi connectivity index (χ0n) is 16.4. The molecule has 2 aromatic rings. The molecule has 0 saturated carbocycles. The Morgan fingerprint density at radius 2 is 1.76 bits per heavy atom. The number of benzene rings is 2. The van der Waals surface area contributed by atoms with E-state index in [4.69, 9.17) is 9.47 Å². The second-order valence-corrected chi connectivity index (χ2v) is 5.80. The van der Waals surface area contributed by atoms with Gasteiger partial charge in [0, 0.05) is 25.2 Å². The van der Waals surface area contributed by atoms with Crippen LogP contribution in [0.2, 0.25) is 0 Å². The number of aliphatic imine (C=N–C) groups is 1. The fraction of sp³-hybridized carbons (Fsp3) is 0.250. The van der Waals surface area contributed by atoms with Gasteiger partial charge < -0.3 is 20.1 Å². The predicted molar refractivity (Wildman–Crippen MR) is 124 cm³/mol. The van der Waals surface area contributed by atoms with E-state index in [0.717, 1.165) is 11.1 Å². The Labute approximate surface area is 187 Å². The minimum Gasteiger partial charge on any atom is -0.493 e. The van der Waals surface area contributed by atoms with E-state index in [0.29, 0.717) is 37.1 Å². The van der Waals surface area contributed by atoms with Crippen molar-refractivity contribution in [2.45, 2.75) is 13.1 Å². The van der Waals surface area contributed by atoms with Crippen molar-refractivity contribution < 1.29 is 14.4 Å². The molecule has 0 bridgehead atoms. The van der Waals surface area contributed by atoms with E-state index in [-0.39, 0.29) is 29.7 Å². The summed E-state index contributed by atoms with van der Waals surface area (Å²) < 4.78 is 10.6. The highest BCUT2D eigenvalue weighted by Gasteiger charge is 2.06. The fourth-order valence-electron chi connectivity index (χ4n) is 2.41. The Morgan fingerprint density at radius 3 is 2.34 bits per heavy atom. The number of nitro groups is 1. The van der Waals surface area contributed by atoms with Crippen LogP contribution in [-0.4, -0.2) is 31.6 Å². The van der Waals surface area contributed by atoms with Crippen molar-refractivity contribution in [3.05, 3.63) is 76.4 Å². The molecule has 0 aliphatic heterocycles. The molecule has 29 heavy (non-hydrogen) atoms. The summed E-state index contributed by atoms with van der Waals surface area (Å²) >= 11 is 0. The highest BCUT2D eigenvalue weighted by Crippen LogP contribution is 2.27. The summed E-state index contributed by atoms with van der Waals surface area (Å²) in [7, 11) is 3.18. The predicted octanol–water partition coefficient (Wildman–Crippen LogP) is 3.65. The molecule has 2 aromatic carbocycles. The smallest absolute Gasteiger partial charge is 0.269 e. The molecule has 0 radical (unpaired) electrons. The van der Waals surface area contributed by atoms with Gasteiger partial charge in [-0.05, 0) is 23.3 Å². The van der Waals surface area contributed by atoms with E-state index >= 15 is 0 Å². The van der Waals surface area contributed by atoms with Crippen molar-refractivity contribution in [2.75, 3.05) is 20.8 Å². The molecular formula is C20H25IN4O4. The summed E-state index contributed by atoms with van der Waals surface area (Å²) in [6, 6.07) is 12.0. The summed E-state index contributed by atoms with van der Waals surface area (Å²) in [5.74, 6) is 1.92. The summed E-state index contributed by atoms with van der Waals surface area (Å²) in [5, 5.41) is 17.1. The third-order valence-corrected chi connectivity index (χ3v) is 3.89. The Kier molecular flexibility index (Phi) is 10.5. The average molecular weight is 512 g/mol. The molecule has 9 heteroatoms. The van der Waals surface area contributed by atoms with Crippen molar-refractivity contribution >= 4 is 35.6 Å². The number of nitrogens with zero attached hydrogens (tertiary/aromatic N) is 2. The number of nitrogens with one attached hydrogen (secondary N) is 2. The van der Waals surface area contributed by atoms with Crippen LogP contribution < -0.4 is 20.1 Å². The Morgan fingerprint density at radius 1 is 1.10 bits per heavy atom. The van der Waals surface area contributed by atoms with Gasteiger partial charge >= 0.3 is 0 Å². The first-order valence-corrected chi connectivity index (χ1v) is 8.64. The average Bonchev–Trinajstić information content (AvgIpc) is 2.73. The fourth-order valence-corrected chi connectivity index (χ4v) is 2.41. The van der Waals surface area contributed by atoms with Crippen molar-refractivity contribution in [1.82, 2.24) is 10.6 Å². The number of methoxy groups -OCH3 is 2. The molecular weight excluding hydrogens is 487 g/mol. The Hall–Kier alpha value is -2.82. The molecule has 0 heterocycles. The Balaban J connectivity index is 0.00000420. The van der Waals surface area contributed by atoms with Gasteiger partial charge in [-0.2, -0.15) is 0 Å². The topological polar surface area (TPSA) is 98.0 Å². The summed E-state index contributed by atoms with van der Waals surface area (Å²) in [5.41, 5.74) is 1.94. The molecule has 0 atom stereocenters. The van der Waals surface area contributed by atoms with E-state index in [1.807, 2.05) is 18.2 Å². The van der Waals surface area contributed by atoms with Gasteiger partial charge in [0.25, 0.3) is 5.69 Å². The van der Waals surface area contributed by atoms with Crippen LogP contribution >= 0.6 is 24.0 Å². The largest absolute Gasteiger partial charge is 0.493 e. The second kappa shape index (κ2) is 12.6. The molecule has 0 spiro atoms. The number of hydrogen-bond acceptors (Lipinski definition) is 5. The molecule has 0 fully saturated rings. The van der Waals surface area contributed by atoms with Crippen LogP contribution in [0.3, 0.4) is 0 Å². The van der Waals surface area contributed by atoms with Crippen LogP contribution in [0.25, 0.3) is 0 Å². The van der Waals surface area contributed by atoms with E-state index in [1.54, 1.807) is 32.4 Å². The van der Waals surface area contributed by atoms with Crippen LogP contribution in [0.15, 0.2) is 60.1 Å². The normalized spacial score (nSPS) is 10.5. The van der Waals surface area contributed by atoms with Gasteiger partial charge in [0.1, 0.15) is 0 Å². The number of guanidine groups is 1. The summed E-state index contributed by atoms with van der Waals surface area (Å²) in [6.45, 7) is 5.17. The molecule has 8 nitrogen and oxygen atoms in total. The van der Waals surface area contributed by atoms with E-state index < -0.39 is 4.92 Å². The van der Waals surface area contributed by atoms with E-state index in [1.165, 1.54) is 12.1 Å². The van der Waals surface area contributed by atoms with Crippen LogP contribution in [0, 0.1) is 10.1 Å². The quantitative estimate of drug-likeness (QED) is 0.133. The van der Waals surface area contributed by atoms with Crippen molar-refractivity contribution in [3.63, 3.8) is 0 Å². The van der Waals surface area contributed by atoms with Crippen LogP contribution in [-0.2, 0) is 13.1 Å². The Bertz CT molecular complexity index is 841. The first kappa shape index (κ1) is 24.2. The van der Waals surface area contributed by atoms with Gasteiger partial charge in [0.15, 0.2) is 17.5 Å². The van der Waals surface area contributed by atoms with Gasteiger partial charge in [-0.1, -0.05) is 24.3 Å². The van der Waals surface area contributed by atoms with Crippen LogP contribution in [0.1, 0.15) is 11.1 Å². The molecule has 0 aromatic heterocycles. The maximum Gasteiger partial charge on any atom is 0.269 e. The van der Waals surface area contributed by atoms with Crippen molar-refractivity contribution in [1.29, 1.82) is 0 Å². The van der Waals surface area contributed by atoms with Gasteiger partial charge in [-0.3, -0.25) is 10.1 Å². The van der Waals surface area contributed by atoms with Gasteiger partial charge in [0.05, 0.1) is 25.7 Å². The molecule has 0 saturated heterocycles. The maximum absolute atomic E-state index is 10.7. The number of ether oxygens (including phenoxy) is 2. The van der Waals surface area contributed by atoms with Crippen LogP contribution in [0.4, 0.5) is 5.69 Å². The number of non-ortho nitro benzene ring substituents is 1. The lowest BCUT2D eigenvalue weighted by atomic mass is 10.2. The van der Waals surface area contributed by atoms with E-state index in [2.05, 4.69) is 22.2 Å². The lowest BCUT2D eigenvalue weighted by Gasteiger charge is -2.12. The number of halogens is 1. The molecule has 0 amide bonds.